The zero-order valence-electron chi connectivity index (χ0n) is 17.7. The van der Waals surface area contributed by atoms with Gasteiger partial charge in [0, 0.05) is 38.4 Å². The second-order valence-corrected chi connectivity index (χ2v) is 7.81. The molecule has 0 spiro atoms. The van der Waals surface area contributed by atoms with Crippen LogP contribution in [-0.2, 0) is 0 Å². The molecule has 0 bridgehead atoms. The fourth-order valence-corrected chi connectivity index (χ4v) is 4.14. The van der Waals surface area contributed by atoms with E-state index < -0.39 is 0 Å². The average Bonchev–Trinajstić information content (AvgIpc) is 3.17. The largest absolute Gasteiger partial charge is 0.357 e. The van der Waals surface area contributed by atoms with Crippen molar-refractivity contribution in [2.24, 2.45) is 10.9 Å². The van der Waals surface area contributed by atoms with Crippen molar-refractivity contribution in [3.8, 4) is 0 Å². The van der Waals surface area contributed by atoms with Crippen LogP contribution in [0.25, 0.3) is 0 Å². The van der Waals surface area contributed by atoms with E-state index in [9.17, 15) is 4.39 Å². The molecule has 0 amide bonds. The van der Waals surface area contributed by atoms with Crippen molar-refractivity contribution in [3.05, 3.63) is 24.1 Å². The normalized spacial score (nSPS) is 21.1. The van der Waals surface area contributed by atoms with Crippen LogP contribution in [0.15, 0.2) is 23.3 Å². The van der Waals surface area contributed by atoms with Crippen molar-refractivity contribution in [2.45, 2.75) is 45.6 Å². The Morgan fingerprint density at radius 1 is 1.24 bits per heavy atom. The molecule has 29 heavy (non-hydrogen) atoms. The molecule has 3 heterocycles. The van der Waals surface area contributed by atoms with Crippen molar-refractivity contribution in [2.75, 3.05) is 50.7 Å². The molecule has 1 aromatic rings. The Kier molecular flexibility index (Phi) is 10.4. The van der Waals surface area contributed by atoms with Gasteiger partial charge in [-0.15, -0.1) is 24.0 Å². The van der Waals surface area contributed by atoms with Gasteiger partial charge in [-0.2, -0.15) is 0 Å². The summed E-state index contributed by atoms with van der Waals surface area (Å²) in [5.74, 6) is 1.87. The number of nitrogens with one attached hydrogen (secondary N) is 2. The maximum atomic E-state index is 14.0. The fraction of sp³-hybridized carbons (Fsp3) is 0.714. The van der Waals surface area contributed by atoms with Gasteiger partial charge in [0.1, 0.15) is 0 Å². The Hall–Kier alpha value is -1.16. The minimum absolute atomic E-state index is 0. The molecule has 3 rings (SSSR count). The summed E-state index contributed by atoms with van der Waals surface area (Å²) in [7, 11) is 0. The Labute approximate surface area is 191 Å². The van der Waals surface area contributed by atoms with E-state index in [4.69, 9.17) is 4.99 Å². The van der Waals surface area contributed by atoms with Gasteiger partial charge in [0.15, 0.2) is 17.6 Å². The molecular formula is C21H36FIN6. The Balaban J connectivity index is 0.00000300. The van der Waals surface area contributed by atoms with E-state index in [0.717, 1.165) is 50.9 Å². The SMILES string of the molecule is CCNC(=NCCC1CCN(CC)CC1)NC1CCN(c2ncccc2F)C1.I. The van der Waals surface area contributed by atoms with E-state index >= 15 is 0 Å². The third-order valence-corrected chi connectivity index (χ3v) is 5.87. The molecule has 0 aliphatic carbocycles. The number of nitrogens with zero attached hydrogens (tertiary/aromatic N) is 4. The van der Waals surface area contributed by atoms with Crippen LogP contribution in [0.3, 0.4) is 0 Å². The molecular weight excluding hydrogens is 482 g/mol. The summed E-state index contributed by atoms with van der Waals surface area (Å²) in [4.78, 5) is 13.5. The number of aliphatic imine (C=N–C) groups is 1. The Morgan fingerprint density at radius 3 is 2.72 bits per heavy atom. The number of aromatic nitrogens is 1. The molecule has 2 aliphatic heterocycles. The lowest BCUT2D eigenvalue weighted by molar-refractivity contribution is 0.188. The summed E-state index contributed by atoms with van der Waals surface area (Å²) in [6.07, 6.45) is 6.34. The smallest absolute Gasteiger partial charge is 0.191 e. The van der Waals surface area contributed by atoms with Gasteiger partial charge in [-0.25, -0.2) is 9.37 Å². The zero-order chi connectivity index (χ0) is 19.8. The number of pyridine rings is 1. The topological polar surface area (TPSA) is 55.8 Å². The molecule has 1 unspecified atom stereocenters. The number of guanidine groups is 1. The van der Waals surface area contributed by atoms with Gasteiger partial charge in [0.05, 0.1) is 0 Å². The summed E-state index contributed by atoms with van der Waals surface area (Å²) in [6, 6.07) is 3.36. The number of rotatable bonds is 7. The Bertz CT molecular complexity index is 635. The quantitative estimate of drug-likeness (QED) is 0.330. The molecule has 1 atom stereocenters. The minimum atomic E-state index is -0.252. The summed E-state index contributed by atoms with van der Waals surface area (Å²) in [5.41, 5.74) is 0. The average molecular weight is 518 g/mol. The molecule has 0 saturated carbocycles. The molecule has 0 radical (unpaired) electrons. The number of anilines is 1. The molecule has 2 aliphatic rings. The lowest BCUT2D eigenvalue weighted by Crippen LogP contribution is -2.44. The third-order valence-electron chi connectivity index (χ3n) is 5.87. The van der Waals surface area contributed by atoms with E-state index in [1.165, 1.54) is 38.5 Å². The highest BCUT2D eigenvalue weighted by atomic mass is 127. The highest BCUT2D eigenvalue weighted by Gasteiger charge is 2.26. The van der Waals surface area contributed by atoms with E-state index in [1.54, 1.807) is 12.3 Å². The molecule has 164 valence electrons. The van der Waals surface area contributed by atoms with Crippen LogP contribution in [-0.4, -0.2) is 67.7 Å². The van der Waals surface area contributed by atoms with Crippen LogP contribution in [0.4, 0.5) is 10.2 Å². The van der Waals surface area contributed by atoms with Gasteiger partial charge in [-0.1, -0.05) is 6.92 Å². The lowest BCUT2D eigenvalue weighted by atomic mass is 9.94. The predicted octanol–water partition coefficient (Wildman–Crippen LogP) is 3.09. The van der Waals surface area contributed by atoms with Crippen molar-refractivity contribution in [1.29, 1.82) is 0 Å². The van der Waals surface area contributed by atoms with E-state index in [-0.39, 0.29) is 35.8 Å². The van der Waals surface area contributed by atoms with E-state index in [1.807, 2.05) is 4.90 Å². The highest BCUT2D eigenvalue weighted by molar-refractivity contribution is 14.0. The molecule has 6 nitrogen and oxygen atoms in total. The Morgan fingerprint density at radius 2 is 2.03 bits per heavy atom. The number of piperidine rings is 1. The fourth-order valence-electron chi connectivity index (χ4n) is 4.14. The monoisotopic (exact) mass is 518 g/mol. The molecule has 1 aromatic heterocycles. The molecule has 2 N–H and O–H groups in total. The predicted molar refractivity (Wildman–Crippen MR) is 129 cm³/mol. The number of likely N-dealkylation sites (tertiary alicyclic amines) is 1. The van der Waals surface area contributed by atoms with Gasteiger partial charge < -0.3 is 20.4 Å². The van der Waals surface area contributed by atoms with Crippen molar-refractivity contribution in [1.82, 2.24) is 20.5 Å². The van der Waals surface area contributed by atoms with Crippen molar-refractivity contribution < 1.29 is 4.39 Å². The first-order chi connectivity index (χ1) is 13.7. The molecule has 0 aromatic carbocycles. The summed E-state index contributed by atoms with van der Waals surface area (Å²) < 4.78 is 14.0. The second kappa shape index (κ2) is 12.5. The summed E-state index contributed by atoms with van der Waals surface area (Å²) in [5, 5.41) is 6.88. The number of hydrogen-bond donors (Lipinski definition) is 2. The lowest BCUT2D eigenvalue weighted by Gasteiger charge is -2.30. The van der Waals surface area contributed by atoms with Crippen molar-refractivity contribution in [3.63, 3.8) is 0 Å². The first-order valence-corrected chi connectivity index (χ1v) is 10.8. The van der Waals surface area contributed by atoms with Gasteiger partial charge in [0.25, 0.3) is 0 Å². The first-order valence-electron chi connectivity index (χ1n) is 10.8. The third kappa shape index (κ3) is 7.24. The standard InChI is InChI=1S/C21H35FN6.HI/c1-3-23-21(25-12-7-17-8-13-27(4-2)14-9-17)26-18-10-15-28(16-18)20-19(22)6-5-11-24-20;/h5-6,11,17-18H,3-4,7-10,12-16H2,1-2H3,(H2,23,25,26);1H. The van der Waals surface area contributed by atoms with Crippen LogP contribution < -0.4 is 15.5 Å². The van der Waals surface area contributed by atoms with Gasteiger partial charge in [-0.05, 0) is 70.3 Å². The maximum absolute atomic E-state index is 14.0. The van der Waals surface area contributed by atoms with Crippen molar-refractivity contribution >= 4 is 35.8 Å². The van der Waals surface area contributed by atoms with Crippen LogP contribution in [0.2, 0.25) is 0 Å². The zero-order valence-corrected chi connectivity index (χ0v) is 20.1. The molecule has 2 saturated heterocycles. The first kappa shape index (κ1) is 24.1. The van der Waals surface area contributed by atoms with Crippen LogP contribution in [0, 0.1) is 11.7 Å². The van der Waals surface area contributed by atoms with Gasteiger partial charge in [0.2, 0.25) is 0 Å². The summed E-state index contributed by atoms with van der Waals surface area (Å²) in [6.45, 7) is 11.2. The number of hydrogen-bond acceptors (Lipinski definition) is 4. The molecule has 8 heteroatoms. The maximum Gasteiger partial charge on any atom is 0.191 e. The van der Waals surface area contributed by atoms with Crippen LogP contribution in [0.1, 0.15) is 39.5 Å². The minimum Gasteiger partial charge on any atom is -0.357 e. The molecule has 2 fully saturated rings. The van der Waals surface area contributed by atoms with E-state index in [0.29, 0.717) is 5.82 Å². The van der Waals surface area contributed by atoms with Gasteiger partial charge in [-0.3, -0.25) is 4.99 Å². The van der Waals surface area contributed by atoms with Gasteiger partial charge >= 0.3 is 0 Å². The second-order valence-electron chi connectivity index (χ2n) is 7.81. The number of halogens is 2. The van der Waals surface area contributed by atoms with Crippen LogP contribution >= 0.6 is 24.0 Å². The highest BCUT2D eigenvalue weighted by Crippen LogP contribution is 2.21. The summed E-state index contributed by atoms with van der Waals surface area (Å²) >= 11 is 0. The van der Waals surface area contributed by atoms with E-state index in [2.05, 4.69) is 34.4 Å². The van der Waals surface area contributed by atoms with Crippen LogP contribution in [0.5, 0.6) is 0 Å².